The minimum absolute atomic E-state index is 0.0257. The van der Waals surface area contributed by atoms with Crippen LogP contribution in [0.15, 0.2) is 64.3 Å². The van der Waals surface area contributed by atoms with E-state index in [1.54, 1.807) is 5.32 Å². The van der Waals surface area contributed by atoms with Crippen LogP contribution < -0.4 is 40.4 Å². The lowest BCUT2D eigenvalue weighted by molar-refractivity contribution is -0.138. The number of urea groups is 1. The first-order valence-electron chi connectivity index (χ1n) is 19.8. The number of halogens is 10. The summed E-state index contributed by atoms with van der Waals surface area (Å²) in [6.45, 7) is -7.48. The smallest absolute Gasteiger partial charge is 0.388 e. The number of nitrogens with one attached hydrogen (secondary N) is 3. The lowest BCUT2D eigenvalue weighted by atomic mass is 10.2. The molecule has 2 unspecified atom stereocenters. The van der Waals surface area contributed by atoms with Crippen LogP contribution in [0.4, 0.5) is 42.8 Å². The van der Waals surface area contributed by atoms with Gasteiger partial charge < -0.3 is 40.2 Å². The third kappa shape index (κ3) is 21.4. The Balaban J connectivity index is 0.000000379. The molecule has 0 aliphatic heterocycles. The largest absolute Gasteiger partial charge is 0.494 e. The number of methoxy groups -OCH3 is 1. The lowest BCUT2D eigenvalue weighted by Crippen LogP contribution is -2.35. The second-order valence-corrected chi connectivity index (χ2v) is 21.9. The number of hydrogen-bond acceptors (Lipinski definition) is 17. The zero-order valence-electron chi connectivity index (χ0n) is 38.9. The number of ether oxygens (including phenoxy) is 3. The maximum atomic E-state index is 12.8. The molecule has 5 aromatic rings. The van der Waals surface area contributed by atoms with Gasteiger partial charge in [0.1, 0.15) is 22.3 Å². The fraction of sp³-hybridized carbons (Fsp3) is 0.263. The van der Waals surface area contributed by atoms with Gasteiger partial charge in [-0.3, -0.25) is 19.4 Å². The molecular weight excluding hydrogens is 1210 g/mol. The molecule has 3 aromatic carbocycles. The Kier molecular flexibility index (Phi) is 24.7. The molecule has 5 rings (SSSR count). The molecule has 77 heavy (non-hydrogen) atoms. The highest BCUT2D eigenvalue weighted by Crippen LogP contribution is 2.36. The van der Waals surface area contributed by atoms with Crippen molar-refractivity contribution in [2.75, 3.05) is 36.2 Å². The number of aliphatic carboxylic acids is 1. The Bertz CT molecular complexity index is 3280. The number of nitrogens with two attached hydrogens (primary N) is 1. The SMILES string of the molecule is COc1c(Cl)ccc(Cl)c1C(=O)O.CP(=O)(O)CCC(N)C(=O)O.Cc1nn(-c2cc(NS(C)(=O)=O)c(Cl)cc2Cl)c(=O)n1C(F)F.O=C(Nc1nc(OC(F)F)cc(OC(F)F)n1)NS(=O)(=O)c1ccccc1C(=O)O. The summed E-state index contributed by atoms with van der Waals surface area (Å²) in [6.07, 6.45) is 0.902. The third-order valence-corrected chi connectivity index (χ3v) is 12.6. The molecule has 2 aromatic heterocycles. The lowest BCUT2D eigenvalue weighted by Gasteiger charge is -2.11. The van der Waals surface area contributed by atoms with E-state index in [-0.39, 0.29) is 65.8 Å². The van der Waals surface area contributed by atoms with Gasteiger partial charge in [-0.25, -0.2) is 45.3 Å². The predicted octanol–water partition coefficient (Wildman–Crippen LogP) is 6.69. The van der Waals surface area contributed by atoms with Gasteiger partial charge in [0.25, 0.3) is 10.0 Å². The molecule has 2 atom stereocenters. The van der Waals surface area contributed by atoms with Crippen LogP contribution in [0.1, 0.15) is 39.5 Å². The van der Waals surface area contributed by atoms with Crippen molar-refractivity contribution in [3.63, 3.8) is 0 Å². The minimum atomic E-state index is -4.71. The molecule has 0 spiro atoms. The second kappa shape index (κ2) is 28.6. The van der Waals surface area contributed by atoms with E-state index < -0.39 is 111 Å². The first-order valence-corrected chi connectivity index (χ1v) is 27.0. The van der Waals surface area contributed by atoms with E-state index in [4.69, 9.17) is 77.1 Å². The number of amides is 2. The molecule has 0 fully saturated rings. The minimum Gasteiger partial charge on any atom is -0.494 e. The number of nitrogens with zero attached hydrogens (tertiary/aromatic N) is 5. The summed E-state index contributed by atoms with van der Waals surface area (Å²) in [5.74, 6) is -6.90. The number of sulfonamides is 2. The quantitative estimate of drug-likeness (QED) is 0.0334. The molecule has 0 saturated heterocycles. The molecule has 0 aliphatic rings. The number of rotatable bonds is 18. The number of benzene rings is 3. The van der Waals surface area contributed by atoms with Crippen molar-refractivity contribution in [2.24, 2.45) is 5.73 Å². The molecule has 424 valence electrons. The predicted molar refractivity (Wildman–Crippen MR) is 261 cm³/mol. The van der Waals surface area contributed by atoms with Crippen LogP contribution in [0.2, 0.25) is 20.1 Å². The highest BCUT2D eigenvalue weighted by Gasteiger charge is 2.26. The Labute approximate surface area is 449 Å². The molecule has 0 bridgehead atoms. The third-order valence-electron chi connectivity index (χ3n) is 8.34. The van der Waals surface area contributed by atoms with E-state index in [1.807, 2.05) is 0 Å². The summed E-state index contributed by atoms with van der Waals surface area (Å²) < 4.78 is 150. The molecule has 0 aliphatic carbocycles. The number of carboxylic acid groups (broad SMARTS) is 3. The standard InChI is InChI=1S/C14H10F4N4O7S.C11H10Cl2F2N4O3S.C8H6Cl2O3.C5H12NO4P/c15-11(16)28-8-5-9(29-12(17)18)20-13(19-8)21-14(25)22-30(26,27)7-4-2-1-3-6(7)10(23)24;1-5-16-19(11(20)18(5)10(14)15)9-4-8(17-23(2,21)22)6(12)3-7(9)13;1-13-7-5(10)3-2-4(9)6(7)8(11)12;1-11(9,10)3-2-4(6)5(7)8/h1-5,11-12H,(H,23,24)(H2,19,20,21,22,25);3-4,10,17H,1-2H3;2-3H,1H3,(H,11,12);4H,2-3,6H2,1H3,(H,7,8)(H,9,10). The van der Waals surface area contributed by atoms with Crippen LogP contribution in [0, 0.1) is 6.92 Å². The highest BCUT2D eigenvalue weighted by molar-refractivity contribution is 7.92. The molecule has 0 radical (unpaired) electrons. The van der Waals surface area contributed by atoms with Gasteiger partial charge in [0.2, 0.25) is 27.7 Å². The van der Waals surface area contributed by atoms with E-state index >= 15 is 0 Å². The Hall–Kier alpha value is -6.65. The maximum absolute atomic E-state index is 12.8. The van der Waals surface area contributed by atoms with E-state index in [1.165, 1.54) is 55.8 Å². The molecular formula is C38H38Cl4F6N9O17PS2. The first-order chi connectivity index (χ1) is 35.4. The van der Waals surface area contributed by atoms with E-state index in [2.05, 4.69) is 29.3 Å². The summed E-state index contributed by atoms with van der Waals surface area (Å²) in [7, 11) is -10.1. The topological polar surface area (TPSA) is 390 Å². The first kappa shape index (κ1) is 66.5. The van der Waals surface area contributed by atoms with Crippen LogP contribution >= 0.6 is 53.8 Å². The van der Waals surface area contributed by atoms with E-state index in [0.717, 1.165) is 24.5 Å². The van der Waals surface area contributed by atoms with Crippen molar-refractivity contribution in [3.8, 4) is 23.2 Å². The molecule has 26 nitrogen and oxygen atoms in total. The van der Waals surface area contributed by atoms with Crippen molar-refractivity contribution in [3.05, 3.63) is 102 Å². The zero-order chi connectivity index (χ0) is 59.1. The molecule has 2 heterocycles. The van der Waals surface area contributed by atoms with E-state index in [0.29, 0.717) is 10.7 Å². The van der Waals surface area contributed by atoms with Gasteiger partial charge in [0.05, 0.1) is 56.5 Å². The average Bonchev–Trinajstić information content (AvgIpc) is 3.58. The number of carboxylic acids is 3. The molecule has 9 N–H and O–H groups in total. The van der Waals surface area contributed by atoms with Gasteiger partial charge in [0, 0.05) is 12.8 Å². The van der Waals surface area contributed by atoms with Crippen molar-refractivity contribution in [2.45, 2.75) is 44.1 Å². The van der Waals surface area contributed by atoms with Crippen LogP contribution in [0.3, 0.4) is 0 Å². The fourth-order valence-electron chi connectivity index (χ4n) is 5.21. The number of alkyl halides is 6. The molecule has 2 amide bonds. The number of hydrogen-bond donors (Lipinski definition) is 8. The summed E-state index contributed by atoms with van der Waals surface area (Å²) >= 11 is 23.2. The number of carbonyl (C=O) groups is 4. The van der Waals surface area contributed by atoms with Crippen LogP contribution in [-0.4, -0.2) is 131 Å². The van der Waals surface area contributed by atoms with E-state index in [9.17, 15) is 71.7 Å². The maximum Gasteiger partial charge on any atom is 0.388 e. The normalized spacial score (nSPS) is 12.3. The number of aryl methyl sites for hydroxylation is 1. The van der Waals surface area contributed by atoms with Crippen molar-refractivity contribution in [1.82, 2.24) is 29.0 Å². The van der Waals surface area contributed by atoms with Gasteiger partial charge in [-0.1, -0.05) is 58.5 Å². The van der Waals surface area contributed by atoms with Crippen LogP contribution in [-0.2, 0) is 29.4 Å². The van der Waals surface area contributed by atoms with Gasteiger partial charge in [0.15, 0.2) is 13.1 Å². The summed E-state index contributed by atoms with van der Waals surface area (Å²) in [4.78, 5) is 70.5. The Morgan fingerprint density at radius 2 is 1.38 bits per heavy atom. The fourth-order valence-corrected chi connectivity index (χ4v) is 8.68. The van der Waals surface area contributed by atoms with Crippen molar-refractivity contribution < 1.29 is 101 Å². The zero-order valence-corrected chi connectivity index (χ0v) is 44.4. The van der Waals surface area contributed by atoms with Crippen molar-refractivity contribution >= 4 is 109 Å². The summed E-state index contributed by atoms with van der Waals surface area (Å²) in [5.41, 5.74) is 3.06. The van der Waals surface area contributed by atoms with Gasteiger partial charge >= 0.3 is 49.4 Å². The monoisotopic (exact) mass is 1240 g/mol. The Morgan fingerprint density at radius 3 is 1.82 bits per heavy atom. The number of aromatic nitrogens is 5. The average molecular weight is 1240 g/mol. The van der Waals surface area contributed by atoms with Gasteiger partial charge in [-0.05, 0) is 49.7 Å². The molecule has 0 saturated carbocycles. The van der Waals surface area contributed by atoms with Gasteiger partial charge in [-0.2, -0.15) is 41.0 Å². The second-order valence-electron chi connectivity index (χ2n) is 14.3. The number of carbonyl (C=O) groups excluding carboxylic acids is 1. The molecule has 39 heteroatoms. The summed E-state index contributed by atoms with van der Waals surface area (Å²) in [5, 5.41) is 31.8. The van der Waals surface area contributed by atoms with Gasteiger partial charge in [-0.15, -0.1) is 5.10 Å². The number of aromatic carboxylic acids is 2. The summed E-state index contributed by atoms with van der Waals surface area (Å²) in [6, 6.07) is 7.40. The van der Waals surface area contributed by atoms with Crippen molar-refractivity contribution in [1.29, 1.82) is 0 Å². The Morgan fingerprint density at radius 1 is 0.831 bits per heavy atom. The van der Waals surface area contributed by atoms with Crippen LogP contribution in [0.25, 0.3) is 5.69 Å². The highest BCUT2D eigenvalue weighted by atomic mass is 35.5. The number of anilines is 2. The van der Waals surface area contributed by atoms with Crippen LogP contribution in [0.5, 0.6) is 17.5 Å².